The number of amides is 1. The smallest absolute Gasteiger partial charge is 0.279 e. The van der Waals surface area contributed by atoms with Crippen LogP contribution < -0.4 is 10.9 Å². The number of carbonyl (C=O) groups is 1. The van der Waals surface area contributed by atoms with Gasteiger partial charge in [-0.15, -0.1) is 11.3 Å². The number of para-hydroxylation sites is 1. The number of fused-ring (bicyclic) bond motifs is 2. The number of benzene rings is 1. The van der Waals surface area contributed by atoms with Crippen molar-refractivity contribution < 1.29 is 4.79 Å². The highest BCUT2D eigenvalue weighted by atomic mass is 32.1. The third-order valence-electron chi connectivity index (χ3n) is 5.05. The van der Waals surface area contributed by atoms with E-state index in [9.17, 15) is 4.79 Å². The maximum atomic E-state index is 12.6. The van der Waals surface area contributed by atoms with Crippen LogP contribution in [-0.2, 0) is 0 Å². The third-order valence-corrected chi connectivity index (χ3v) is 6.16. The first kappa shape index (κ1) is 15.4. The first-order chi connectivity index (χ1) is 12.7. The minimum Gasteiger partial charge on any atom is -0.302 e. The van der Waals surface area contributed by atoms with Crippen molar-refractivity contribution >= 4 is 27.5 Å². The predicted molar refractivity (Wildman–Crippen MR) is 103 cm³/mol. The molecule has 2 heterocycles. The summed E-state index contributed by atoms with van der Waals surface area (Å²) in [5.74, 6) is 0.543. The second-order valence-corrected chi connectivity index (χ2v) is 7.75. The van der Waals surface area contributed by atoms with Crippen molar-refractivity contribution in [3.8, 4) is 5.69 Å². The number of hydrazine groups is 1. The largest absolute Gasteiger partial charge is 0.302 e. The summed E-state index contributed by atoms with van der Waals surface area (Å²) in [5, 5.41) is 5.64. The molecule has 1 atom stereocenters. The molecule has 5 rings (SSSR count). The molecule has 5 nitrogen and oxygen atoms in total. The average Bonchev–Trinajstić information content (AvgIpc) is 3.31. The van der Waals surface area contributed by atoms with Gasteiger partial charge in [-0.3, -0.25) is 10.2 Å². The second kappa shape index (κ2) is 5.85. The first-order valence-electron chi connectivity index (χ1n) is 8.71. The summed E-state index contributed by atoms with van der Waals surface area (Å²) < 4.78 is 1.91. The highest BCUT2D eigenvalue weighted by Crippen LogP contribution is 2.40. The van der Waals surface area contributed by atoms with Gasteiger partial charge in [-0.05, 0) is 49.5 Å². The number of aromatic nitrogens is 2. The number of allylic oxidation sites excluding steroid dienone is 4. The fourth-order valence-electron chi connectivity index (χ4n) is 3.62. The van der Waals surface area contributed by atoms with Gasteiger partial charge in [-0.2, -0.15) is 5.10 Å². The monoisotopic (exact) mass is 362 g/mol. The topological polar surface area (TPSA) is 59.0 Å². The van der Waals surface area contributed by atoms with E-state index >= 15 is 0 Å². The Kier molecular flexibility index (Phi) is 3.46. The Morgan fingerprint density at radius 3 is 2.96 bits per heavy atom. The lowest BCUT2D eigenvalue weighted by Crippen LogP contribution is -2.40. The van der Waals surface area contributed by atoms with Gasteiger partial charge in [0.2, 0.25) is 0 Å². The van der Waals surface area contributed by atoms with Crippen LogP contribution in [0.5, 0.6) is 0 Å². The van der Waals surface area contributed by atoms with E-state index in [2.05, 4.69) is 28.1 Å². The highest BCUT2D eigenvalue weighted by molar-refractivity contribution is 7.20. The van der Waals surface area contributed by atoms with E-state index in [1.807, 2.05) is 48.0 Å². The molecule has 0 bridgehead atoms. The average molecular weight is 362 g/mol. The van der Waals surface area contributed by atoms with Crippen molar-refractivity contribution in [2.45, 2.75) is 19.8 Å². The number of thiophene rings is 1. The Morgan fingerprint density at radius 2 is 2.15 bits per heavy atom. The quantitative estimate of drug-likeness (QED) is 0.693. The van der Waals surface area contributed by atoms with Crippen LogP contribution in [0.4, 0.5) is 0 Å². The number of nitrogens with one attached hydrogen (secondary N) is 2. The summed E-state index contributed by atoms with van der Waals surface area (Å²) in [4.78, 5) is 14.2. The van der Waals surface area contributed by atoms with Crippen LogP contribution in [0, 0.1) is 12.8 Å². The van der Waals surface area contributed by atoms with Crippen molar-refractivity contribution in [2.75, 3.05) is 0 Å². The van der Waals surface area contributed by atoms with Gasteiger partial charge in [-0.1, -0.05) is 30.4 Å². The zero-order valence-corrected chi connectivity index (χ0v) is 15.1. The van der Waals surface area contributed by atoms with E-state index in [0.717, 1.165) is 40.1 Å². The normalized spacial score (nSPS) is 18.1. The minimum atomic E-state index is -0.108. The fraction of sp³-hybridized carbons (Fsp3) is 0.200. The third kappa shape index (κ3) is 2.37. The van der Waals surface area contributed by atoms with Gasteiger partial charge in [0.25, 0.3) is 5.91 Å². The van der Waals surface area contributed by atoms with E-state index in [1.54, 1.807) is 0 Å². The van der Waals surface area contributed by atoms with Crippen molar-refractivity contribution in [3.05, 3.63) is 70.4 Å². The molecule has 0 spiro atoms. The summed E-state index contributed by atoms with van der Waals surface area (Å²) in [7, 11) is 0. The minimum absolute atomic E-state index is 0.108. The molecule has 0 fully saturated rings. The van der Waals surface area contributed by atoms with E-state index in [4.69, 9.17) is 0 Å². The number of nitrogens with zero attached hydrogens (tertiary/aromatic N) is 2. The lowest BCUT2D eigenvalue weighted by Gasteiger charge is -2.28. The molecule has 26 heavy (non-hydrogen) atoms. The summed E-state index contributed by atoms with van der Waals surface area (Å²) in [6.45, 7) is 1.97. The SMILES string of the molecule is Cc1nn(-c2ccccc2)c2sc(C(=O)NNC3=C4C=CC[C@@H]4C3)cc12. The molecule has 130 valence electrons. The van der Waals surface area contributed by atoms with Gasteiger partial charge >= 0.3 is 0 Å². The summed E-state index contributed by atoms with van der Waals surface area (Å²) in [6, 6.07) is 11.9. The lowest BCUT2D eigenvalue weighted by molar-refractivity contribution is 0.0940. The van der Waals surface area contributed by atoms with Crippen LogP contribution in [0.1, 0.15) is 28.2 Å². The van der Waals surface area contributed by atoms with E-state index in [1.165, 1.54) is 16.9 Å². The fourth-order valence-corrected chi connectivity index (χ4v) is 4.69. The molecule has 0 aliphatic heterocycles. The maximum Gasteiger partial charge on any atom is 0.279 e. The molecule has 0 unspecified atom stereocenters. The van der Waals surface area contributed by atoms with Gasteiger partial charge in [0.05, 0.1) is 16.3 Å². The van der Waals surface area contributed by atoms with Gasteiger partial charge < -0.3 is 5.43 Å². The molecule has 0 saturated heterocycles. The second-order valence-electron chi connectivity index (χ2n) is 6.71. The highest BCUT2D eigenvalue weighted by Gasteiger charge is 2.30. The molecule has 2 aliphatic rings. The molecule has 3 aromatic rings. The van der Waals surface area contributed by atoms with Gasteiger partial charge in [-0.25, -0.2) is 4.68 Å². The zero-order chi connectivity index (χ0) is 17.7. The summed E-state index contributed by atoms with van der Waals surface area (Å²) in [6.07, 6.45) is 6.48. The van der Waals surface area contributed by atoms with Crippen molar-refractivity contribution in [1.82, 2.24) is 20.6 Å². The molecule has 6 heteroatoms. The van der Waals surface area contributed by atoms with Gasteiger partial charge in [0, 0.05) is 11.1 Å². The summed E-state index contributed by atoms with van der Waals surface area (Å²) in [5.41, 5.74) is 10.3. The van der Waals surface area contributed by atoms with Crippen LogP contribution in [0.2, 0.25) is 0 Å². The van der Waals surface area contributed by atoms with Crippen LogP contribution in [-0.4, -0.2) is 15.7 Å². The first-order valence-corrected chi connectivity index (χ1v) is 9.53. The zero-order valence-electron chi connectivity index (χ0n) is 14.3. The molecular weight excluding hydrogens is 344 g/mol. The van der Waals surface area contributed by atoms with Crippen molar-refractivity contribution in [3.63, 3.8) is 0 Å². The number of carbonyl (C=O) groups excluding carboxylic acids is 1. The standard InChI is InChI=1S/C20H18N4OS/c1-12-16-11-18(19(25)22-21-17-10-13-6-5-9-15(13)17)26-20(16)24(23-12)14-7-3-2-4-8-14/h2-5,7-9,11,13,21H,6,10H2,1H3,(H,22,25)/t13-/m1/s1. The number of hydrogen-bond acceptors (Lipinski definition) is 4. The molecule has 0 radical (unpaired) electrons. The predicted octanol–water partition coefficient (Wildman–Crippen LogP) is 3.86. The van der Waals surface area contributed by atoms with Gasteiger partial charge in [0.1, 0.15) is 4.83 Å². The van der Waals surface area contributed by atoms with Gasteiger partial charge in [0.15, 0.2) is 0 Å². The summed E-state index contributed by atoms with van der Waals surface area (Å²) >= 11 is 1.46. The van der Waals surface area contributed by atoms with Crippen LogP contribution >= 0.6 is 11.3 Å². The Labute approximate surface area is 155 Å². The molecule has 1 amide bonds. The Balaban J connectivity index is 1.40. The van der Waals surface area contributed by atoms with Crippen LogP contribution in [0.3, 0.4) is 0 Å². The molecule has 2 aromatic heterocycles. The molecular formula is C20H18N4OS. The Hall–Kier alpha value is -2.86. The lowest BCUT2D eigenvalue weighted by atomic mass is 9.84. The molecule has 0 saturated carbocycles. The van der Waals surface area contributed by atoms with E-state index in [0.29, 0.717) is 10.8 Å². The maximum absolute atomic E-state index is 12.6. The Bertz CT molecular complexity index is 1070. The van der Waals surface area contributed by atoms with Crippen molar-refractivity contribution in [2.24, 2.45) is 5.92 Å². The van der Waals surface area contributed by atoms with E-state index < -0.39 is 0 Å². The Morgan fingerprint density at radius 1 is 1.31 bits per heavy atom. The van der Waals surface area contributed by atoms with Crippen molar-refractivity contribution in [1.29, 1.82) is 0 Å². The van der Waals surface area contributed by atoms with E-state index in [-0.39, 0.29) is 5.91 Å². The molecule has 1 aromatic carbocycles. The molecule has 2 aliphatic carbocycles. The van der Waals surface area contributed by atoms with Crippen LogP contribution in [0.15, 0.2) is 59.8 Å². The van der Waals surface area contributed by atoms with Crippen LogP contribution in [0.25, 0.3) is 15.9 Å². The number of hydrogen-bond donors (Lipinski definition) is 2. The number of rotatable bonds is 4. The molecule has 2 N–H and O–H groups in total. The number of aryl methyl sites for hydroxylation is 1.